The Hall–Kier alpha value is -4.37. The summed E-state index contributed by atoms with van der Waals surface area (Å²) in [6.07, 6.45) is 4.48. The van der Waals surface area contributed by atoms with Crippen molar-refractivity contribution in [2.45, 2.75) is 77.5 Å². The van der Waals surface area contributed by atoms with Crippen molar-refractivity contribution < 1.29 is 29.0 Å². The van der Waals surface area contributed by atoms with Crippen molar-refractivity contribution in [1.29, 1.82) is 0 Å². The van der Waals surface area contributed by atoms with Crippen LogP contribution in [0, 0.1) is 0 Å². The van der Waals surface area contributed by atoms with E-state index in [-0.39, 0.29) is 18.4 Å². The van der Waals surface area contributed by atoms with Crippen molar-refractivity contribution in [3.8, 4) is 5.75 Å². The average Bonchev–Trinajstić information content (AvgIpc) is 3.01. The topological polar surface area (TPSA) is 108 Å². The molecule has 3 amide bonds. The average molecular weight is 646 g/mol. The minimum absolute atomic E-state index is 0.0557. The molecule has 0 heterocycles. The third kappa shape index (κ3) is 12.1. The van der Waals surface area contributed by atoms with Crippen molar-refractivity contribution in [3.05, 3.63) is 90.0 Å². The molecule has 0 fully saturated rings. The Kier molecular flexibility index (Phi) is 13.4. The number of fused-ring (bicyclic) bond motifs is 1. The van der Waals surface area contributed by atoms with Gasteiger partial charge in [-0.25, -0.2) is 4.79 Å². The van der Waals surface area contributed by atoms with Crippen LogP contribution in [0.1, 0.15) is 58.6 Å². The largest absolute Gasteiger partial charge is 0.493 e. The van der Waals surface area contributed by atoms with Gasteiger partial charge in [-0.15, -0.1) is 0 Å². The molecule has 0 bridgehead atoms. The molecule has 9 heteroatoms. The highest BCUT2D eigenvalue weighted by atomic mass is 16.6. The number of nitrogens with zero attached hydrogens (tertiary/aromatic N) is 2. The summed E-state index contributed by atoms with van der Waals surface area (Å²) < 4.78 is 11.2. The number of alkyl carbamates (subject to hydrolysis) is 1. The number of aliphatic hydroxyl groups excluding tert-OH is 1. The van der Waals surface area contributed by atoms with E-state index in [9.17, 15) is 14.4 Å². The van der Waals surface area contributed by atoms with Crippen LogP contribution in [0.4, 0.5) is 4.79 Å². The number of hydrogen-bond acceptors (Lipinski definition) is 6. The maximum atomic E-state index is 14.0. The van der Waals surface area contributed by atoms with Gasteiger partial charge in [-0.3, -0.25) is 9.59 Å². The van der Waals surface area contributed by atoms with Crippen LogP contribution < -0.4 is 10.1 Å². The Labute approximate surface area is 279 Å². The van der Waals surface area contributed by atoms with E-state index in [1.165, 1.54) is 11.0 Å². The number of aliphatic hydroxyl groups is 1. The van der Waals surface area contributed by atoms with E-state index in [4.69, 9.17) is 14.6 Å². The molecule has 0 unspecified atom stereocenters. The molecule has 0 spiro atoms. The second-order valence-electron chi connectivity index (χ2n) is 13.5. The van der Waals surface area contributed by atoms with E-state index < -0.39 is 23.3 Å². The van der Waals surface area contributed by atoms with Gasteiger partial charge in [-0.05, 0) is 81.5 Å². The van der Waals surface area contributed by atoms with Crippen molar-refractivity contribution in [2.75, 3.05) is 33.9 Å². The summed E-state index contributed by atoms with van der Waals surface area (Å²) in [7, 11) is 3.41. The number of hydrogen-bond donors (Lipinski definition) is 2. The predicted molar refractivity (Wildman–Crippen MR) is 186 cm³/mol. The molecule has 0 saturated carbocycles. The van der Waals surface area contributed by atoms with E-state index in [1.807, 2.05) is 74.5 Å². The van der Waals surface area contributed by atoms with Crippen molar-refractivity contribution in [1.82, 2.24) is 15.1 Å². The first kappa shape index (κ1) is 37.1. The molecular formula is C38H51N3O6. The zero-order valence-electron chi connectivity index (χ0n) is 28.9. The molecule has 0 saturated heterocycles. The van der Waals surface area contributed by atoms with Gasteiger partial charge in [-0.1, -0.05) is 66.7 Å². The number of benzene rings is 3. The second kappa shape index (κ2) is 17.0. The van der Waals surface area contributed by atoms with Gasteiger partial charge in [0.2, 0.25) is 11.8 Å². The Morgan fingerprint density at radius 1 is 0.936 bits per heavy atom. The summed E-state index contributed by atoms with van der Waals surface area (Å²) in [5, 5.41) is 14.1. The molecule has 9 nitrogen and oxygen atoms in total. The zero-order valence-corrected chi connectivity index (χ0v) is 28.9. The monoisotopic (exact) mass is 645 g/mol. The summed E-state index contributed by atoms with van der Waals surface area (Å²) in [5.41, 5.74) is 0.637. The lowest BCUT2D eigenvalue weighted by Gasteiger charge is -2.31. The van der Waals surface area contributed by atoms with Crippen molar-refractivity contribution in [2.24, 2.45) is 0 Å². The fourth-order valence-electron chi connectivity index (χ4n) is 5.09. The number of rotatable bonds is 15. The maximum Gasteiger partial charge on any atom is 0.408 e. The summed E-state index contributed by atoms with van der Waals surface area (Å²) >= 11 is 0. The van der Waals surface area contributed by atoms with Crippen LogP contribution in [-0.4, -0.2) is 83.8 Å². The smallest absolute Gasteiger partial charge is 0.408 e. The van der Waals surface area contributed by atoms with E-state index in [2.05, 4.69) is 11.4 Å². The van der Waals surface area contributed by atoms with Gasteiger partial charge < -0.3 is 29.7 Å². The third-order valence-corrected chi connectivity index (χ3v) is 7.70. The fourth-order valence-corrected chi connectivity index (χ4v) is 5.09. The molecule has 3 rings (SSSR count). The van der Waals surface area contributed by atoms with Crippen LogP contribution in [0.25, 0.3) is 10.8 Å². The zero-order chi connectivity index (χ0) is 34.6. The van der Waals surface area contributed by atoms with Crippen LogP contribution in [0.3, 0.4) is 0 Å². The minimum Gasteiger partial charge on any atom is -0.493 e. The van der Waals surface area contributed by atoms with Gasteiger partial charge in [0, 0.05) is 45.6 Å². The molecule has 254 valence electrons. The summed E-state index contributed by atoms with van der Waals surface area (Å²) in [5.74, 6) is 0.247. The normalized spacial score (nSPS) is 12.5. The van der Waals surface area contributed by atoms with Gasteiger partial charge in [0.1, 0.15) is 17.4 Å². The number of nitrogens with one attached hydrogen (secondary N) is 1. The molecule has 2 N–H and O–H groups in total. The highest BCUT2D eigenvalue weighted by Gasteiger charge is 2.29. The third-order valence-electron chi connectivity index (χ3n) is 7.70. The lowest BCUT2D eigenvalue weighted by atomic mass is 9.99. The number of amides is 3. The van der Waals surface area contributed by atoms with Gasteiger partial charge in [-0.2, -0.15) is 0 Å². The molecule has 3 aromatic carbocycles. The Balaban J connectivity index is 1.76. The van der Waals surface area contributed by atoms with Gasteiger partial charge >= 0.3 is 6.09 Å². The Bertz CT molecular complexity index is 1530. The Morgan fingerprint density at radius 3 is 2.32 bits per heavy atom. The summed E-state index contributed by atoms with van der Waals surface area (Å²) in [6, 6.07) is 21.1. The first-order valence-corrected chi connectivity index (χ1v) is 16.2. The lowest BCUT2D eigenvalue weighted by molar-refractivity contribution is -0.141. The van der Waals surface area contributed by atoms with Crippen molar-refractivity contribution in [3.63, 3.8) is 0 Å². The number of likely N-dealkylation sites (N-methyl/N-ethyl adjacent to an activating group) is 2. The highest BCUT2D eigenvalue weighted by molar-refractivity contribution is 5.93. The van der Waals surface area contributed by atoms with Crippen LogP contribution in [0.15, 0.2) is 78.9 Å². The SMILES string of the molecule is CN(CCc1ccccc1OCCCO)C(=O)[C@@H](Cc1ccc2ccccc2c1)N(C)C(=O)C=CCC(C)(C)NC(=O)OC(C)(C)C. The molecular weight excluding hydrogens is 594 g/mol. The minimum atomic E-state index is -0.748. The standard InChI is InChI=1S/C38H51N3O6/c1-37(2,3)47-36(45)39-38(4,5)22-12-18-34(43)41(7)32(27-28-19-20-29-14-8-9-16-31(29)26-28)35(44)40(6)23-21-30-15-10-11-17-33(30)46-25-13-24-42/h8-12,14-20,26,32,42H,13,21-25,27H2,1-7H3,(H,39,45)/t32-/m1/s1. The van der Waals surface area contributed by atoms with E-state index in [1.54, 1.807) is 45.8 Å². The van der Waals surface area contributed by atoms with E-state index >= 15 is 0 Å². The Morgan fingerprint density at radius 2 is 1.62 bits per heavy atom. The van der Waals surface area contributed by atoms with Crippen LogP contribution in [0.5, 0.6) is 5.75 Å². The maximum absolute atomic E-state index is 14.0. The first-order valence-electron chi connectivity index (χ1n) is 16.2. The molecule has 0 aliphatic rings. The summed E-state index contributed by atoms with van der Waals surface area (Å²) in [4.78, 5) is 43.0. The second-order valence-corrected chi connectivity index (χ2v) is 13.5. The van der Waals surface area contributed by atoms with Crippen molar-refractivity contribution >= 4 is 28.7 Å². The summed E-state index contributed by atoms with van der Waals surface area (Å²) in [6.45, 7) is 10.00. The van der Waals surface area contributed by atoms with E-state index in [0.29, 0.717) is 38.8 Å². The predicted octanol–water partition coefficient (Wildman–Crippen LogP) is 5.92. The number of para-hydroxylation sites is 1. The lowest BCUT2D eigenvalue weighted by Crippen LogP contribution is -2.49. The fraction of sp³-hybridized carbons (Fsp3) is 0.447. The first-order chi connectivity index (χ1) is 22.2. The van der Waals surface area contributed by atoms with Crippen LogP contribution in [0.2, 0.25) is 0 Å². The molecule has 0 aliphatic carbocycles. The number of carbonyl (C=O) groups is 3. The molecule has 0 aliphatic heterocycles. The van der Waals surface area contributed by atoms with E-state index in [0.717, 1.165) is 27.6 Å². The van der Waals surface area contributed by atoms with Gasteiger partial charge in [0.05, 0.1) is 6.61 Å². The number of ether oxygens (including phenoxy) is 2. The quantitative estimate of drug-likeness (QED) is 0.157. The number of carbonyl (C=O) groups excluding carboxylic acids is 3. The molecule has 47 heavy (non-hydrogen) atoms. The molecule has 0 aromatic heterocycles. The van der Waals surface area contributed by atoms with Crippen LogP contribution in [-0.2, 0) is 27.2 Å². The molecule has 1 atom stereocenters. The van der Waals surface area contributed by atoms with Gasteiger partial charge in [0.15, 0.2) is 0 Å². The van der Waals surface area contributed by atoms with Gasteiger partial charge in [0.25, 0.3) is 0 Å². The highest BCUT2D eigenvalue weighted by Crippen LogP contribution is 2.21. The molecule has 3 aromatic rings. The molecule has 0 radical (unpaired) electrons. The van der Waals surface area contributed by atoms with Crippen LogP contribution >= 0.6 is 0 Å².